The van der Waals surface area contributed by atoms with E-state index in [-0.39, 0.29) is 18.9 Å². The van der Waals surface area contributed by atoms with Gasteiger partial charge in [-0.15, -0.1) is 0 Å². The molecule has 1 rings (SSSR count). The minimum Gasteiger partial charge on any atom is -0.477 e. The second-order valence-corrected chi connectivity index (χ2v) is 8.95. The van der Waals surface area contributed by atoms with Crippen molar-refractivity contribution < 1.29 is 57.2 Å². The summed E-state index contributed by atoms with van der Waals surface area (Å²) in [5, 5.41) is 5.23. The van der Waals surface area contributed by atoms with E-state index in [1.165, 1.54) is 24.9 Å². The van der Waals surface area contributed by atoms with Crippen LogP contribution in [0.4, 0.5) is 0 Å². The number of rotatable bonds is 13. The van der Waals surface area contributed by atoms with Gasteiger partial charge in [0.1, 0.15) is 6.61 Å². The molecule has 0 unspecified atom stereocenters. The zero-order chi connectivity index (χ0) is 30.6. The van der Waals surface area contributed by atoms with Crippen LogP contribution in [0.25, 0.3) is 0 Å². The van der Waals surface area contributed by atoms with Crippen LogP contribution in [0.2, 0.25) is 0 Å². The van der Waals surface area contributed by atoms with Crippen LogP contribution in [-0.4, -0.2) is 104 Å². The lowest BCUT2D eigenvalue weighted by Crippen LogP contribution is -2.65. The summed E-state index contributed by atoms with van der Waals surface area (Å²) in [6.45, 7) is 5.31. The second kappa shape index (κ2) is 16.1. The SMILES string of the molecule is CCCC(=O)N(C)CC(=O)N[C@H]1C=C(C(=O)OC)O[C@@H]([C@H](OC(C)=O)[C@@H](COC(C)=O)OC(C)=O)[C@@H]1NC(C)=O. The Bertz CT molecular complexity index is 1010. The predicted octanol–water partition coefficient (Wildman–Crippen LogP) is -0.883. The smallest absolute Gasteiger partial charge is 0.373 e. The molecule has 0 saturated heterocycles. The topological polar surface area (TPSA) is 193 Å². The maximum Gasteiger partial charge on any atom is 0.373 e. The van der Waals surface area contributed by atoms with Crippen molar-refractivity contribution in [3.8, 4) is 0 Å². The highest BCUT2D eigenvalue weighted by atomic mass is 16.6. The summed E-state index contributed by atoms with van der Waals surface area (Å²) in [4.78, 5) is 86.4. The van der Waals surface area contributed by atoms with Gasteiger partial charge < -0.3 is 39.2 Å². The van der Waals surface area contributed by atoms with Crippen LogP contribution in [0, 0.1) is 0 Å². The van der Waals surface area contributed by atoms with Crippen molar-refractivity contribution in [2.24, 2.45) is 0 Å². The fourth-order valence-corrected chi connectivity index (χ4v) is 3.85. The Morgan fingerprint density at radius 3 is 2.10 bits per heavy atom. The molecular weight excluding hydrogens is 534 g/mol. The Balaban J connectivity index is 3.57. The van der Waals surface area contributed by atoms with Crippen molar-refractivity contribution in [2.75, 3.05) is 27.3 Å². The Morgan fingerprint density at radius 2 is 1.60 bits per heavy atom. The van der Waals surface area contributed by atoms with Crippen LogP contribution in [0.5, 0.6) is 0 Å². The zero-order valence-electron chi connectivity index (χ0n) is 23.6. The van der Waals surface area contributed by atoms with Crippen LogP contribution in [0.3, 0.4) is 0 Å². The number of likely N-dealkylation sites (N-methyl/N-ethyl adjacent to an activating group) is 1. The predicted molar refractivity (Wildman–Crippen MR) is 135 cm³/mol. The van der Waals surface area contributed by atoms with Gasteiger partial charge in [-0.2, -0.15) is 0 Å². The van der Waals surface area contributed by atoms with Gasteiger partial charge in [0.25, 0.3) is 0 Å². The standard InChI is InChI=1S/C25H37N3O12/c1-8-9-21(34)28(6)11-20(33)27-17-10-18(25(35)36-7)40-24(22(17)26-13(2)29)23(39-16(5)32)19(38-15(4)31)12-37-14(3)30/h10,17,19,22-24H,8-9,11-12H2,1-7H3,(H,26,29)(H,27,33)/t17-,19+,22+,23+,24+/m0/s1. The van der Waals surface area contributed by atoms with Gasteiger partial charge in [0, 0.05) is 41.2 Å². The molecule has 1 heterocycles. The molecule has 224 valence electrons. The number of nitrogens with one attached hydrogen (secondary N) is 2. The first-order valence-electron chi connectivity index (χ1n) is 12.4. The summed E-state index contributed by atoms with van der Waals surface area (Å²) < 4.78 is 26.2. The molecule has 15 heteroatoms. The Morgan fingerprint density at radius 1 is 0.975 bits per heavy atom. The van der Waals surface area contributed by atoms with Gasteiger partial charge in [0.15, 0.2) is 18.3 Å². The summed E-state index contributed by atoms with van der Waals surface area (Å²) in [6.07, 6.45) is -2.48. The number of amides is 3. The van der Waals surface area contributed by atoms with Gasteiger partial charge in [-0.25, -0.2) is 4.79 Å². The largest absolute Gasteiger partial charge is 0.477 e. The average molecular weight is 572 g/mol. The molecule has 40 heavy (non-hydrogen) atoms. The van der Waals surface area contributed by atoms with E-state index in [0.29, 0.717) is 6.42 Å². The van der Waals surface area contributed by atoms with Crippen molar-refractivity contribution in [1.82, 2.24) is 15.5 Å². The van der Waals surface area contributed by atoms with Crippen LogP contribution in [0.15, 0.2) is 11.8 Å². The highest BCUT2D eigenvalue weighted by Gasteiger charge is 2.48. The minimum absolute atomic E-state index is 0.230. The molecule has 0 spiro atoms. The first-order chi connectivity index (χ1) is 18.7. The summed E-state index contributed by atoms with van der Waals surface area (Å²) in [6, 6.07) is -2.38. The molecule has 0 bridgehead atoms. The normalized spacial score (nSPS) is 19.4. The minimum atomic E-state index is -1.56. The third kappa shape index (κ3) is 10.9. The summed E-state index contributed by atoms with van der Waals surface area (Å²) in [7, 11) is 2.52. The number of esters is 4. The number of nitrogens with zero attached hydrogens (tertiary/aromatic N) is 1. The van der Waals surface area contributed by atoms with Crippen molar-refractivity contribution in [3.63, 3.8) is 0 Å². The third-order valence-electron chi connectivity index (χ3n) is 5.45. The highest BCUT2D eigenvalue weighted by molar-refractivity contribution is 5.88. The fraction of sp³-hybridized carbons (Fsp3) is 0.640. The lowest BCUT2D eigenvalue weighted by Gasteiger charge is -2.42. The van der Waals surface area contributed by atoms with Gasteiger partial charge in [-0.05, 0) is 12.5 Å². The van der Waals surface area contributed by atoms with Crippen LogP contribution >= 0.6 is 0 Å². The van der Waals surface area contributed by atoms with E-state index < -0.39 is 78.5 Å². The Labute approximate surface area is 231 Å². The van der Waals surface area contributed by atoms with Crippen molar-refractivity contribution in [2.45, 2.75) is 77.9 Å². The third-order valence-corrected chi connectivity index (χ3v) is 5.45. The van der Waals surface area contributed by atoms with Gasteiger partial charge in [0.05, 0.1) is 25.7 Å². The number of hydrogen-bond donors (Lipinski definition) is 2. The van der Waals surface area contributed by atoms with E-state index in [1.807, 2.05) is 6.92 Å². The van der Waals surface area contributed by atoms with E-state index >= 15 is 0 Å². The molecule has 1 aliphatic rings. The van der Waals surface area contributed by atoms with Gasteiger partial charge in [-0.3, -0.25) is 28.8 Å². The van der Waals surface area contributed by atoms with E-state index in [9.17, 15) is 33.6 Å². The lowest BCUT2D eigenvalue weighted by molar-refractivity contribution is -0.188. The van der Waals surface area contributed by atoms with Crippen LogP contribution < -0.4 is 10.6 Å². The van der Waals surface area contributed by atoms with Gasteiger partial charge in [-0.1, -0.05) is 6.92 Å². The number of carbonyl (C=O) groups is 7. The fourth-order valence-electron chi connectivity index (χ4n) is 3.85. The molecule has 0 aromatic carbocycles. The second-order valence-electron chi connectivity index (χ2n) is 8.95. The average Bonchev–Trinajstić information content (AvgIpc) is 2.85. The highest BCUT2D eigenvalue weighted by Crippen LogP contribution is 2.27. The zero-order valence-corrected chi connectivity index (χ0v) is 23.6. The molecule has 0 aliphatic carbocycles. The molecule has 0 radical (unpaired) electrons. The van der Waals surface area contributed by atoms with Crippen LogP contribution in [-0.2, 0) is 57.2 Å². The molecule has 0 saturated carbocycles. The molecule has 1 aliphatic heterocycles. The molecule has 0 aromatic rings. The first kappa shape index (κ1) is 33.9. The van der Waals surface area contributed by atoms with E-state index in [2.05, 4.69) is 10.6 Å². The number of ether oxygens (including phenoxy) is 5. The van der Waals surface area contributed by atoms with Crippen molar-refractivity contribution >= 4 is 41.6 Å². The number of methoxy groups -OCH3 is 1. The molecule has 5 atom stereocenters. The Hall–Kier alpha value is -4.17. The first-order valence-corrected chi connectivity index (χ1v) is 12.4. The molecule has 3 amide bonds. The molecule has 15 nitrogen and oxygen atoms in total. The number of carbonyl (C=O) groups excluding carboxylic acids is 7. The van der Waals surface area contributed by atoms with E-state index in [0.717, 1.165) is 27.9 Å². The maximum atomic E-state index is 12.9. The Kier molecular flexibility index (Phi) is 13.6. The maximum absolute atomic E-state index is 12.9. The summed E-state index contributed by atoms with van der Waals surface area (Å²) in [5.41, 5.74) is 0. The van der Waals surface area contributed by atoms with Crippen molar-refractivity contribution in [3.05, 3.63) is 11.8 Å². The monoisotopic (exact) mass is 571 g/mol. The molecule has 0 aromatic heterocycles. The summed E-state index contributed by atoms with van der Waals surface area (Å²) in [5.74, 6) is -5.30. The molecular formula is C25H37N3O12. The van der Waals surface area contributed by atoms with Crippen LogP contribution in [0.1, 0.15) is 47.5 Å². The van der Waals surface area contributed by atoms with Gasteiger partial charge in [0.2, 0.25) is 23.5 Å². The lowest BCUT2D eigenvalue weighted by atomic mass is 9.91. The molecule has 0 fully saturated rings. The number of hydrogen-bond acceptors (Lipinski definition) is 12. The quantitative estimate of drug-likeness (QED) is 0.205. The molecule has 2 N–H and O–H groups in total. The van der Waals surface area contributed by atoms with E-state index in [1.54, 1.807) is 0 Å². The summed E-state index contributed by atoms with van der Waals surface area (Å²) >= 11 is 0. The van der Waals surface area contributed by atoms with E-state index in [4.69, 9.17) is 23.7 Å². The van der Waals surface area contributed by atoms with Crippen molar-refractivity contribution in [1.29, 1.82) is 0 Å². The van der Waals surface area contributed by atoms with Gasteiger partial charge >= 0.3 is 23.9 Å².